The maximum Gasteiger partial charge on any atom is 0.335 e. The molecular formula is C12H6O5-2. The number of benzene rings is 2. The molecule has 17 heavy (non-hydrogen) atoms. The van der Waals surface area contributed by atoms with Crippen LogP contribution in [0.3, 0.4) is 0 Å². The summed E-state index contributed by atoms with van der Waals surface area (Å²) < 4.78 is 0. The van der Waals surface area contributed by atoms with Gasteiger partial charge in [0.15, 0.2) is 0 Å². The van der Waals surface area contributed by atoms with Crippen LogP contribution in [0.1, 0.15) is 20.7 Å². The number of carbonyl (C=O) groups excluding carboxylic acids is 1. The topological polar surface area (TPSA) is 100 Å². The van der Waals surface area contributed by atoms with E-state index in [4.69, 9.17) is 5.11 Å². The van der Waals surface area contributed by atoms with Crippen molar-refractivity contribution in [3.8, 4) is 5.75 Å². The Morgan fingerprint density at radius 3 is 2.35 bits per heavy atom. The molecule has 0 aliphatic carbocycles. The first-order chi connectivity index (χ1) is 7.99. The monoisotopic (exact) mass is 230 g/mol. The highest BCUT2D eigenvalue weighted by Crippen LogP contribution is 2.24. The van der Waals surface area contributed by atoms with Crippen LogP contribution in [0.4, 0.5) is 0 Å². The van der Waals surface area contributed by atoms with E-state index in [1.165, 1.54) is 18.2 Å². The van der Waals surface area contributed by atoms with Gasteiger partial charge in [-0.1, -0.05) is 23.9 Å². The lowest BCUT2D eigenvalue weighted by atomic mass is 10.0. The number of carboxylic acids is 2. The second kappa shape index (κ2) is 3.79. The summed E-state index contributed by atoms with van der Waals surface area (Å²) in [7, 11) is 0. The molecule has 0 spiro atoms. The molecule has 2 aromatic carbocycles. The first kappa shape index (κ1) is 10.9. The van der Waals surface area contributed by atoms with E-state index >= 15 is 0 Å². The molecule has 0 amide bonds. The Labute approximate surface area is 95.5 Å². The quantitative estimate of drug-likeness (QED) is 0.780. The Kier molecular flexibility index (Phi) is 2.44. The van der Waals surface area contributed by atoms with Crippen molar-refractivity contribution in [3.05, 3.63) is 41.5 Å². The molecule has 2 rings (SSSR count). The van der Waals surface area contributed by atoms with Crippen molar-refractivity contribution in [2.24, 2.45) is 0 Å². The highest BCUT2D eigenvalue weighted by atomic mass is 16.4. The van der Waals surface area contributed by atoms with Gasteiger partial charge in [-0.15, -0.1) is 0 Å². The van der Waals surface area contributed by atoms with E-state index in [2.05, 4.69) is 0 Å². The molecule has 0 bridgehead atoms. The van der Waals surface area contributed by atoms with Crippen LogP contribution in [-0.4, -0.2) is 17.0 Å². The maximum atomic E-state index is 11.4. The van der Waals surface area contributed by atoms with Crippen molar-refractivity contribution >= 4 is 22.7 Å². The smallest absolute Gasteiger partial charge is 0.335 e. The number of aromatic carboxylic acids is 2. The fraction of sp³-hybridized carbons (Fsp3) is 0. The first-order valence-corrected chi connectivity index (χ1v) is 4.68. The molecule has 0 saturated carbocycles. The minimum Gasteiger partial charge on any atom is -0.872 e. The van der Waals surface area contributed by atoms with E-state index in [-0.39, 0.29) is 11.1 Å². The van der Waals surface area contributed by atoms with Gasteiger partial charge >= 0.3 is 5.97 Å². The third-order valence-corrected chi connectivity index (χ3v) is 2.40. The van der Waals surface area contributed by atoms with Gasteiger partial charge in [-0.25, -0.2) is 4.79 Å². The molecule has 0 unspecified atom stereocenters. The van der Waals surface area contributed by atoms with Gasteiger partial charge in [0.1, 0.15) is 0 Å². The van der Waals surface area contributed by atoms with Crippen LogP contribution in [0.5, 0.6) is 5.75 Å². The Morgan fingerprint density at radius 1 is 1.06 bits per heavy atom. The van der Waals surface area contributed by atoms with Crippen LogP contribution in [-0.2, 0) is 0 Å². The summed E-state index contributed by atoms with van der Waals surface area (Å²) >= 11 is 0. The zero-order valence-corrected chi connectivity index (χ0v) is 8.47. The fourth-order valence-corrected chi connectivity index (χ4v) is 1.57. The van der Waals surface area contributed by atoms with Crippen LogP contribution in [0, 0.1) is 0 Å². The SMILES string of the molecule is O=C([O-])c1ccc2cc([O-])c(C(=O)O)cc2c1. The predicted octanol–water partition coefficient (Wildman–Crippen LogP) is -0.0249. The van der Waals surface area contributed by atoms with Gasteiger partial charge < -0.3 is 20.1 Å². The molecule has 0 aliphatic heterocycles. The highest BCUT2D eigenvalue weighted by molar-refractivity contribution is 5.99. The minimum atomic E-state index is -1.35. The summed E-state index contributed by atoms with van der Waals surface area (Å²) in [4.78, 5) is 21.4. The van der Waals surface area contributed by atoms with E-state index in [1.54, 1.807) is 0 Å². The lowest BCUT2D eigenvalue weighted by molar-refractivity contribution is -0.268. The molecule has 0 saturated heterocycles. The van der Waals surface area contributed by atoms with Crippen LogP contribution in [0.25, 0.3) is 10.8 Å². The summed E-state index contributed by atoms with van der Waals surface area (Å²) in [5, 5.41) is 31.7. The van der Waals surface area contributed by atoms with E-state index < -0.39 is 17.7 Å². The summed E-state index contributed by atoms with van der Waals surface area (Å²) in [6.45, 7) is 0. The maximum absolute atomic E-state index is 11.4. The van der Waals surface area contributed by atoms with Gasteiger partial charge in [-0.3, -0.25) is 0 Å². The molecule has 0 aromatic heterocycles. The van der Waals surface area contributed by atoms with E-state index in [0.717, 1.165) is 12.1 Å². The van der Waals surface area contributed by atoms with Crippen molar-refractivity contribution < 1.29 is 24.9 Å². The molecule has 0 radical (unpaired) electrons. The Bertz CT molecular complexity index is 630. The van der Waals surface area contributed by atoms with Crippen LogP contribution in [0.15, 0.2) is 30.3 Å². The Morgan fingerprint density at radius 2 is 1.76 bits per heavy atom. The van der Waals surface area contributed by atoms with Crippen molar-refractivity contribution in [3.63, 3.8) is 0 Å². The summed E-state index contributed by atoms with van der Waals surface area (Å²) in [6, 6.07) is 6.34. The van der Waals surface area contributed by atoms with Gasteiger partial charge in [0, 0.05) is 0 Å². The normalized spacial score (nSPS) is 10.4. The third-order valence-electron chi connectivity index (χ3n) is 2.40. The van der Waals surface area contributed by atoms with Gasteiger partial charge in [0.25, 0.3) is 0 Å². The van der Waals surface area contributed by atoms with E-state index in [1.807, 2.05) is 0 Å². The predicted molar refractivity (Wildman–Crippen MR) is 54.7 cm³/mol. The molecule has 1 N–H and O–H groups in total. The lowest BCUT2D eigenvalue weighted by Crippen LogP contribution is -2.22. The summed E-state index contributed by atoms with van der Waals surface area (Å²) in [6.07, 6.45) is 0. The molecular weight excluding hydrogens is 224 g/mol. The molecule has 0 fully saturated rings. The van der Waals surface area contributed by atoms with Gasteiger partial charge in [0.05, 0.1) is 11.5 Å². The van der Waals surface area contributed by atoms with Crippen molar-refractivity contribution in [1.82, 2.24) is 0 Å². The number of carbonyl (C=O) groups is 2. The summed E-state index contributed by atoms with van der Waals surface area (Å²) in [5.74, 6) is -3.29. The van der Waals surface area contributed by atoms with Gasteiger partial charge in [-0.2, -0.15) is 0 Å². The molecule has 0 atom stereocenters. The number of rotatable bonds is 2. The van der Waals surface area contributed by atoms with Gasteiger partial charge in [0.2, 0.25) is 0 Å². The molecule has 5 heteroatoms. The first-order valence-electron chi connectivity index (χ1n) is 4.68. The van der Waals surface area contributed by atoms with Crippen LogP contribution in [0.2, 0.25) is 0 Å². The second-order valence-electron chi connectivity index (χ2n) is 3.50. The standard InChI is InChI=1S/C12H8O5/c13-10-5-6-1-2-7(11(14)15)3-8(6)4-9(10)12(16)17/h1-5,13H,(H,14,15)(H,16,17)/p-2. The number of hydrogen-bond acceptors (Lipinski definition) is 4. The highest BCUT2D eigenvalue weighted by Gasteiger charge is 2.06. The second-order valence-corrected chi connectivity index (χ2v) is 3.50. The van der Waals surface area contributed by atoms with Crippen molar-refractivity contribution in [2.75, 3.05) is 0 Å². The van der Waals surface area contributed by atoms with Crippen LogP contribution < -0.4 is 10.2 Å². The third kappa shape index (κ3) is 1.90. The lowest BCUT2D eigenvalue weighted by Gasteiger charge is -2.12. The Balaban J connectivity index is 2.72. The average Bonchev–Trinajstić information content (AvgIpc) is 2.27. The number of carboxylic acid groups (broad SMARTS) is 2. The van der Waals surface area contributed by atoms with Crippen molar-refractivity contribution in [1.29, 1.82) is 0 Å². The number of hydrogen-bond donors (Lipinski definition) is 1. The largest absolute Gasteiger partial charge is 0.872 e. The zero-order valence-electron chi connectivity index (χ0n) is 8.47. The number of fused-ring (bicyclic) bond motifs is 1. The molecule has 86 valence electrons. The zero-order chi connectivity index (χ0) is 12.6. The van der Waals surface area contributed by atoms with Crippen molar-refractivity contribution in [2.45, 2.75) is 0 Å². The average molecular weight is 230 g/mol. The molecule has 0 aliphatic rings. The molecule has 5 nitrogen and oxygen atoms in total. The minimum absolute atomic E-state index is 0.0625. The molecule has 2 aromatic rings. The van der Waals surface area contributed by atoms with E-state index in [9.17, 15) is 19.8 Å². The van der Waals surface area contributed by atoms with Crippen LogP contribution >= 0.6 is 0 Å². The van der Waals surface area contributed by atoms with E-state index in [0.29, 0.717) is 10.8 Å². The molecule has 0 heterocycles. The Hall–Kier alpha value is -2.56. The summed E-state index contributed by atoms with van der Waals surface area (Å²) in [5.41, 5.74) is -0.444. The van der Waals surface area contributed by atoms with Gasteiger partial charge in [-0.05, 0) is 28.5 Å². The fourth-order valence-electron chi connectivity index (χ4n) is 1.57.